The molecule has 0 aliphatic rings. The minimum Gasteiger partial charge on any atom is -0.322 e. The van der Waals surface area contributed by atoms with Crippen LogP contribution in [-0.2, 0) is 12.8 Å². The Bertz CT molecular complexity index is 451. The van der Waals surface area contributed by atoms with E-state index in [1.54, 1.807) is 18.6 Å². The summed E-state index contributed by atoms with van der Waals surface area (Å²) < 4.78 is 0. The van der Waals surface area contributed by atoms with E-state index in [-0.39, 0.29) is 6.04 Å². The van der Waals surface area contributed by atoms with Crippen LogP contribution >= 0.6 is 0 Å². The van der Waals surface area contributed by atoms with Crippen molar-refractivity contribution in [3.8, 4) is 0 Å². The summed E-state index contributed by atoms with van der Waals surface area (Å²) in [5.74, 6) is 0. The molecule has 17 heavy (non-hydrogen) atoms. The lowest BCUT2D eigenvalue weighted by Crippen LogP contribution is -2.15. The van der Waals surface area contributed by atoms with E-state index in [4.69, 9.17) is 5.73 Å². The quantitative estimate of drug-likeness (QED) is 0.871. The van der Waals surface area contributed by atoms with Gasteiger partial charge in [-0.1, -0.05) is 31.2 Å². The molecule has 2 aromatic rings. The van der Waals surface area contributed by atoms with E-state index >= 15 is 0 Å². The zero-order valence-corrected chi connectivity index (χ0v) is 10.0. The number of nitrogens with two attached hydrogens (primary N) is 1. The van der Waals surface area contributed by atoms with Crippen LogP contribution in [0.1, 0.15) is 29.8 Å². The number of aryl methyl sites for hydroxylation is 1. The smallest absolute Gasteiger partial charge is 0.0757 e. The van der Waals surface area contributed by atoms with Crippen LogP contribution in [0.4, 0.5) is 0 Å². The van der Waals surface area contributed by atoms with Gasteiger partial charge in [-0.05, 0) is 24.0 Å². The Kier molecular flexibility index (Phi) is 3.83. The molecule has 0 radical (unpaired) electrons. The maximum atomic E-state index is 6.10. The van der Waals surface area contributed by atoms with Crippen molar-refractivity contribution in [1.82, 2.24) is 9.97 Å². The Morgan fingerprint density at radius 2 is 1.82 bits per heavy atom. The van der Waals surface area contributed by atoms with Crippen molar-refractivity contribution in [3.63, 3.8) is 0 Å². The Morgan fingerprint density at radius 3 is 2.41 bits per heavy atom. The van der Waals surface area contributed by atoms with Crippen molar-refractivity contribution >= 4 is 0 Å². The number of rotatable bonds is 4. The summed E-state index contributed by atoms with van der Waals surface area (Å²) in [5, 5.41) is 0. The largest absolute Gasteiger partial charge is 0.322 e. The molecule has 2 N–H and O–H groups in total. The Balaban J connectivity index is 2.05. The minimum atomic E-state index is -0.0869. The van der Waals surface area contributed by atoms with Crippen LogP contribution in [0.3, 0.4) is 0 Å². The summed E-state index contributed by atoms with van der Waals surface area (Å²) in [6.07, 6.45) is 6.92. The van der Waals surface area contributed by atoms with E-state index < -0.39 is 0 Å². The summed E-state index contributed by atoms with van der Waals surface area (Å²) in [6.45, 7) is 2.15. The van der Waals surface area contributed by atoms with Gasteiger partial charge in [0.1, 0.15) is 0 Å². The van der Waals surface area contributed by atoms with Gasteiger partial charge in [0.2, 0.25) is 0 Å². The average Bonchev–Trinajstić information content (AvgIpc) is 2.40. The van der Waals surface area contributed by atoms with Gasteiger partial charge in [0, 0.05) is 18.6 Å². The summed E-state index contributed by atoms with van der Waals surface area (Å²) in [6, 6.07) is 8.48. The van der Waals surface area contributed by atoms with E-state index in [9.17, 15) is 0 Å². The molecule has 0 aliphatic heterocycles. The van der Waals surface area contributed by atoms with Gasteiger partial charge in [0.15, 0.2) is 0 Å². The molecule has 0 fully saturated rings. The second kappa shape index (κ2) is 5.55. The molecule has 0 aliphatic carbocycles. The molecule has 1 aromatic carbocycles. The van der Waals surface area contributed by atoms with Gasteiger partial charge in [0.05, 0.1) is 11.7 Å². The normalized spacial score (nSPS) is 12.4. The SMILES string of the molecule is CCc1ccc(CC(N)c2cnccn2)cc1. The number of benzene rings is 1. The number of aromatic nitrogens is 2. The molecule has 3 heteroatoms. The van der Waals surface area contributed by atoms with Gasteiger partial charge in [-0.3, -0.25) is 9.97 Å². The third-order valence-corrected chi connectivity index (χ3v) is 2.85. The van der Waals surface area contributed by atoms with Crippen LogP contribution in [0.15, 0.2) is 42.9 Å². The fourth-order valence-electron chi connectivity index (χ4n) is 1.77. The summed E-state index contributed by atoms with van der Waals surface area (Å²) in [4.78, 5) is 8.25. The molecular formula is C14H17N3. The van der Waals surface area contributed by atoms with Crippen LogP contribution in [-0.4, -0.2) is 9.97 Å². The van der Waals surface area contributed by atoms with E-state index in [0.29, 0.717) is 0 Å². The summed E-state index contributed by atoms with van der Waals surface area (Å²) in [5.41, 5.74) is 9.52. The maximum absolute atomic E-state index is 6.10. The Hall–Kier alpha value is -1.74. The molecule has 3 nitrogen and oxygen atoms in total. The monoisotopic (exact) mass is 227 g/mol. The molecule has 0 saturated carbocycles. The molecule has 1 atom stereocenters. The van der Waals surface area contributed by atoms with Crippen molar-refractivity contribution < 1.29 is 0 Å². The fraction of sp³-hybridized carbons (Fsp3) is 0.286. The molecule has 0 saturated heterocycles. The van der Waals surface area contributed by atoms with Gasteiger partial charge in [-0.2, -0.15) is 0 Å². The third kappa shape index (κ3) is 3.11. The maximum Gasteiger partial charge on any atom is 0.0757 e. The summed E-state index contributed by atoms with van der Waals surface area (Å²) >= 11 is 0. The molecule has 2 rings (SSSR count). The van der Waals surface area contributed by atoms with Gasteiger partial charge in [0.25, 0.3) is 0 Å². The first-order valence-corrected chi connectivity index (χ1v) is 5.89. The van der Waals surface area contributed by atoms with E-state index in [0.717, 1.165) is 18.5 Å². The lowest BCUT2D eigenvalue weighted by atomic mass is 10.0. The van der Waals surface area contributed by atoms with Crippen LogP contribution in [0.25, 0.3) is 0 Å². The van der Waals surface area contributed by atoms with Gasteiger partial charge < -0.3 is 5.73 Å². The molecule has 0 spiro atoms. The summed E-state index contributed by atoms with van der Waals surface area (Å²) in [7, 11) is 0. The predicted molar refractivity (Wildman–Crippen MR) is 68.5 cm³/mol. The molecule has 1 heterocycles. The molecule has 1 unspecified atom stereocenters. The predicted octanol–water partition coefficient (Wildman–Crippen LogP) is 2.28. The van der Waals surface area contributed by atoms with Crippen molar-refractivity contribution in [2.75, 3.05) is 0 Å². The molecular weight excluding hydrogens is 210 g/mol. The van der Waals surface area contributed by atoms with Crippen molar-refractivity contribution in [2.24, 2.45) is 5.73 Å². The highest BCUT2D eigenvalue weighted by Crippen LogP contribution is 2.14. The Morgan fingerprint density at radius 1 is 1.12 bits per heavy atom. The van der Waals surface area contributed by atoms with Gasteiger partial charge in [-0.15, -0.1) is 0 Å². The highest BCUT2D eigenvalue weighted by Gasteiger charge is 2.08. The highest BCUT2D eigenvalue weighted by atomic mass is 14.8. The van der Waals surface area contributed by atoms with Crippen LogP contribution in [0, 0.1) is 0 Å². The number of nitrogens with zero attached hydrogens (tertiary/aromatic N) is 2. The van der Waals surface area contributed by atoms with Crippen molar-refractivity contribution in [2.45, 2.75) is 25.8 Å². The highest BCUT2D eigenvalue weighted by molar-refractivity contribution is 5.24. The number of hydrogen-bond donors (Lipinski definition) is 1. The van der Waals surface area contributed by atoms with E-state index in [2.05, 4.69) is 41.2 Å². The zero-order valence-electron chi connectivity index (χ0n) is 10.0. The zero-order chi connectivity index (χ0) is 12.1. The second-order valence-corrected chi connectivity index (χ2v) is 4.11. The van der Waals surface area contributed by atoms with Gasteiger partial charge in [-0.25, -0.2) is 0 Å². The number of hydrogen-bond acceptors (Lipinski definition) is 3. The van der Waals surface area contributed by atoms with Crippen molar-refractivity contribution in [1.29, 1.82) is 0 Å². The van der Waals surface area contributed by atoms with Crippen LogP contribution < -0.4 is 5.73 Å². The van der Waals surface area contributed by atoms with E-state index in [1.165, 1.54) is 11.1 Å². The van der Waals surface area contributed by atoms with Crippen molar-refractivity contribution in [3.05, 3.63) is 59.7 Å². The van der Waals surface area contributed by atoms with E-state index in [1.807, 2.05) is 0 Å². The molecule has 1 aromatic heterocycles. The first kappa shape index (κ1) is 11.7. The molecule has 88 valence electrons. The lowest BCUT2D eigenvalue weighted by molar-refractivity contribution is 0.691. The molecule has 0 bridgehead atoms. The molecule has 0 amide bonds. The van der Waals surface area contributed by atoms with Gasteiger partial charge >= 0.3 is 0 Å². The van der Waals surface area contributed by atoms with Crippen LogP contribution in [0.5, 0.6) is 0 Å². The topological polar surface area (TPSA) is 51.8 Å². The first-order valence-electron chi connectivity index (χ1n) is 5.89. The minimum absolute atomic E-state index is 0.0869. The van der Waals surface area contributed by atoms with Crippen LogP contribution in [0.2, 0.25) is 0 Å². The first-order chi connectivity index (χ1) is 8.29. The Labute approximate surface area is 102 Å². The lowest BCUT2D eigenvalue weighted by Gasteiger charge is -2.10. The third-order valence-electron chi connectivity index (χ3n) is 2.85. The average molecular weight is 227 g/mol. The standard InChI is InChI=1S/C14H17N3/c1-2-11-3-5-12(6-4-11)9-13(15)14-10-16-7-8-17-14/h3-8,10,13H,2,9,15H2,1H3. The second-order valence-electron chi connectivity index (χ2n) is 4.11. The fourth-order valence-corrected chi connectivity index (χ4v) is 1.77.